The fourth-order valence-corrected chi connectivity index (χ4v) is 2.75. The number of hydrogen-bond donors (Lipinski definition) is 2. The Morgan fingerprint density at radius 1 is 1.08 bits per heavy atom. The van der Waals surface area contributed by atoms with Crippen LogP contribution < -0.4 is 10.6 Å². The fourth-order valence-electron chi connectivity index (χ4n) is 2.32. The number of carbonyl (C=O) groups excluding carboxylic acids is 1. The van der Waals surface area contributed by atoms with Gasteiger partial charge in [-0.05, 0) is 42.3 Å². The molecule has 0 saturated carbocycles. The third-order valence-corrected chi connectivity index (χ3v) is 4.34. The highest BCUT2D eigenvalue weighted by atomic mass is 35.5. The van der Waals surface area contributed by atoms with Crippen LogP contribution in [0.1, 0.15) is 21.6 Å². The minimum Gasteiger partial charge on any atom is -0.347 e. The molecule has 2 N–H and O–H groups in total. The first kappa shape index (κ1) is 18.2. The van der Waals surface area contributed by atoms with Gasteiger partial charge in [0.05, 0.1) is 12.4 Å². The fraction of sp³-hybridized carbons (Fsp3) is 0.105. The van der Waals surface area contributed by atoms with Crippen molar-refractivity contribution in [3.05, 3.63) is 81.7 Å². The van der Waals surface area contributed by atoms with Gasteiger partial charge in [0.15, 0.2) is 0 Å². The summed E-state index contributed by atoms with van der Waals surface area (Å²) in [5.41, 5.74) is 2.93. The molecule has 2 aromatic carbocycles. The summed E-state index contributed by atoms with van der Waals surface area (Å²) in [5.74, 6) is 0.227. The number of aromatic nitrogens is 2. The predicted molar refractivity (Wildman–Crippen MR) is 104 cm³/mol. The van der Waals surface area contributed by atoms with Gasteiger partial charge in [-0.3, -0.25) is 4.79 Å². The van der Waals surface area contributed by atoms with Crippen LogP contribution in [0.5, 0.6) is 0 Å². The van der Waals surface area contributed by atoms with E-state index in [1.807, 2.05) is 37.3 Å². The van der Waals surface area contributed by atoms with Crippen LogP contribution in [0.2, 0.25) is 10.0 Å². The molecule has 0 aliphatic carbocycles. The predicted octanol–water partition coefficient (Wildman–Crippen LogP) is 4.77. The second-order valence-electron chi connectivity index (χ2n) is 5.65. The molecule has 0 atom stereocenters. The van der Waals surface area contributed by atoms with Gasteiger partial charge in [-0.25, -0.2) is 9.97 Å². The van der Waals surface area contributed by atoms with Crippen molar-refractivity contribution in [2.75, 3.05) is 5.32 Å². The Hall–Kier alpha value is -2.63. The maximum absolute atomic E-state index is 12.2. The number of nitrogens with zero attached hydrogens (tertiary/aromatic N) is 2. The van der Waals surface area contributed by atoms with Crippen molar-refractivity contribution in [2.45, 2.75) is 13.5 Å². The molecule has 1 amide bonds. The van der Waals surface area contributed by atoms with Crippen molar-refractivity contribution in [3.8, 4) is 0 Å². The average Bonchev–Trinajstić information content (AvgIpc) is 2.64. The summed E-state index contributed by atoms with van der Waals surface area (Å²) >= 11 is 12.0. The summed E-state index contributed by atoms with van der Waals surface area (Å²) in [7, 11) is 0. The van der Waals surface area contributed by atoms with Crippen molar-refractivity contribution < 1.29 is 4.79 Å². The molecule has 0 saturated heterocycles. The van der Waals surface area contributed by atoms with E-state index in [1.54, 1.807) is 12.1 Å². The lowest BCUT2D eigenvalue weighted by atomic mass is 10.2. The van der Waals surface area contributed by atoms with E-state index < -0.39 is 0 Å². The number of benzene rings is 2. The molecule has 1 heterocycles. The molecule has 0 aliphatic heterocycles. The minimum atomic E-state index is -0.313. The number of hydrogen-bond acceptors (Lipinski definition) is 4. The molecule has 0 bridgehead atoms. The van der Waals surface area contributed by atoms with Gasteiger partial charge in [0.25, 0.3) is 5.91 Å². The lowest BCUT2D eigenvalue weighted by molar-refractivity contribution is 0.0945. The van der Waals surface area contributed by atoms with Crippen LogP contribution in [0.3, 0.4) is 0 Å². The lowest BCUT2D eigenvalue weighted by Gasteiger charge is -2.09. The van der Waals surface area contributed by atoms with Crippen molar-refractivity contribution >= 4 is 40.6 Å². The van der Waals surface area contributed by atoms with Gasteiger partial charge in [-0.1, -0.05) is 41.4 Å². The summed E-state index contributed by atoms with van der Waals surface area (Å²) < 4.78 is 0. The highest BCUT2D eigenvalue weighted by Gasteiger charge is 2.09. The maximum Gasteiger partial charge on any atom is 0.271 e. The SMILES string of the molecule is Cc1cc(Cl)ccc1Nc1cnc(C(=O)NCc2ccccc2Cl)cn1. The number of anilines is 2. The van der Waals surface area contributed by atoms with Gasteiger partial charge in [0.1, 0.15) is 11.5 Å². The highest BCUT2D eigenvalue weighted by molar-refractivity contribution is 6.31. The van der Waals surface area contributed by atoms with E-state index in [2.05, 4.69) is 20.6 Å². The molecule has 0 radical (unpaired) electrons. The largest absolute Gasteiger partial charge is 0.347 e. The normalized spacial score (nSPS) is 10.4. The first-order valence-corrected chi connectivity index (χ1v) is 8.65. The molecule has 0 spiro atoms. The second-order valence-corrected chi connectivity index (χ2v) is 6.49. The summed E-state index contributed by atoms with van der Waals surface area (Å²) in [4.78, 5) is 20.6. The molecule has 0 unspecified atom stereocenters. The molecule has 132 valence electrons. The number of rotatable bonds is 5. The van der Waals surface area contributed by atoms with Crippen LogP contribution in [-0.2, 0) is 6.54 Å². The molecular weight excluding hydrogens is 371 g/mol. The molecule has 3 rings (SSSR count). The van der Waals surface area contributed by atoms with Gasteiger partial charge < -0.3 is 10.6 Å². The van der Waals surface area contributed by atoms with Crippen molar-refractivity contribution in [3.63, 3.8) is 0 Å². The zero-order chi connectivity index (χ0) is 18.5. The van der Waals surface area contributed by atoms with Crippen molar-refractivity contribution in [2.24, 2.45) is 0 Å². The lowest BCUT2D eigenvalue weighted by Crippen LogP contribution is -2.24. The van der Waals surface area contributed by atoms with Gasteiger partial charge in [-0.2, -0.15) is 0 Å². The van der Waals surface area contributed by atoms with E-state index in [1.165, 1.54) is 12.4 Å². The Labute approximate surface area is 161 Å². The molecule has 0 aliphatic rings. The van der Waals surface area contributed by atoms with E-state index in [-0.39, 0.29) is 11.6 Å². The Morgan fingerprint density at radius 2 is 1.88 bits per heavy atom. The van der Waals surface area contributed by atoms with E-state index in [4.69, 9.17) is 23.2 Å². The van der Waals surface area contributed by atoms with E-state index in [0.29, 0.717) is 22.4 Å². The van der Waals surface area contributed by atoms with E-state index in [9.17, 15) is 4.79 Å². The van der Waals surface area contributed by atoms with Crippen LogP contribution in [0.25, 0.3) is 0 Å². The smallest absolute Gasteiger partial charge is 0.271 e. The summed E-state index contributed by atoms with van der Waals surface area (Å²) in [6.07, 6.45) is 2.94. The first-order valence-electron chi connectivity index (χ1n) is 7.90. The topological polar surface area (TPSA) is 66.9 Å². The first-order chi connectivity index (χ1) is 12.5. The molecule has 1 aromatic heterocycles. The van der Waals surface area contributed by atoms with E-state index in [0.717, 1.165) is 16.8 Å². The number of nitrogens with one attached hydrogen (secondary N) is 2. The monoisotopic (exact) mass is 386 g/mol. The third kappa shape index (κ3) is 4.50. The van der Waals surface area contributed by atoms with Crippen LogP contribution >= 0.6 is 23.2 Å². The maximum atomic E-state index is 12.2. The molecule has 0 fully saturated rings. The van der Waals surface area contributed by atoms with Gasteiger partial charge in [0, 0.05) is 22.3 Å². The zero-order valence-corrected chi connectivity index (χ0v) is 15.5. The van der Waals surface area contributed by atoms with E-state index >= 15 is 0 Å². The molecule has 3 aromatic rings. The van der Waals surface area contributed by atoms with Gasteiger partial charge in [0.2, 0.25) is 0 Å². The van der Waals surface area contributed by atoms with Gasteiger partial charge >= 0.3 is 0 Å². The summed E-state index contributed by atoms with van der Waals surface area (Å²) in [6.45, 7) is 2.27. The average molecular weight is 387 g/mol. The Kier molecular flexibility index (Phi) is 5.71. The van der Waals surface area contributed by atoms with Crippen LogP contribution in [0.4, 0.5) is 11.5 Å². The molecular formula is C19H16Cl2N4O. The number of carbonyl (C=O) groups is 1. The molecule has 7 heteroatoms. The standard InChI is InChI=1S/C19H16Cl2N4O/c1-12-8-14(20)6-7-16(12)25-18-11-22-17(10-23-18)19(26)24-9-13-4-2-3-5-15(13)21/h2-8,10-11H,9H2,1H3,(H,23,25)(H,24,26). The van der Waals surface area contributed by atoms with Crippen molar-refractivity contribution in [1.29, 1.82) is 0 Å². The number of halogens is 2. The highest BCUT2D eigenvalue weighted by Crippen LogP contribution is 2.22. The van der Waals surface area contributed by atoms with Crippen LogP contribution in [-0.4, -0.2) is 15.9 Å². The Morgan fingerprint density at radius 3 is 2.58 bits per heavy atom. The summed E-state index contributed by atoms with van der Waals surface area (Å²) in [6, 6.07) is 12.9. The van der Waals surface area contributed by atoms with Gasteiger partial charge in [-0.15, -0.1) is 0 Å². The van der Waals surface area contributed by atoms with Crippen LogP contribution in [0.15, 0.2) is 54.9 Å². The third-order valence-electron chi connectivity index (χ3n) is 3.73. The van der Waals surface area contributed by atoms with Crippen LogP contribution in [0, 0.1) is 6.92 Å². The Bertz CT molecular complexity index is 929. The molecule has 5 nitrogen and oxygen atoms in total. The second kappa shape index (κ2) is 8.17. The van der Waals surface area contributed by atoms with Crippen molar-refractivity contribution in [1.82, 2.24) is 15.3 Å². The molecule has 26 heavy (non-hydrogen) atoms. The quantitative estimate of drug-likeness (QED) is 0.662. The zero-order valence-electron chi connectivity index (χ0n) is 14.0. The minimum absolute atomic E-state index is 0.232. The summed E-state index contributed by atoms with van der Waals surface area (Å²) in [5, 5.41) is 7.21. The number of amides is 1. The number of aryl methyl sites for hydroxylation is 1. The Balaban J connectivity index is 1.63.